The maximum Gasteiger partial charge on any atom is 0 e. The molecule has 0 nitrogen and oxygen atoms in total. The van der Waals surface area contributed by atoms with Gasteiger partial charge in [-0.05, 0) is 29.4 Å². The van der Waals surface area contributed by atoms with Gasteiger partial charge in [0.05, 0.1) is 0 Å². The van der Waals surface area contributed by atoms with E-state index in [2.05, 4.69) is 58.5 Å². The molecule has 0 fully saturated rings. The minimum Gasteiger partial charge on any atom is -0.0995 e. The van der Waals surface area contributed by atoms with E-state index in [0.29, 0.717) is 0 Å². The summed E-state index contributed by atoms with van der Waals surface area (Å²) in [6.45, 7) is 25.1. The second-order valence-electron chi connectivity index (χ2n) is 5.19. The normalized spacial score (nSPS) is 9.05. The monoisotopic (exact) mass is 294 g/mol. The first-order valence-corrected chi connectivity index (χ1v) is 8.70. The largest absolute Gasteiger partial charge is 0.0995 e. The molecule has 0 bridgehead atoms. The van der Waals surface area contributed by atoms with Gasteiger partial charge in [0.15, 0.2) is 0 Å². The highest BCUT2D eigenvalue weighted by molar-refractivity contribution is 5.35. The van der Waals surface area contributed by atoms with Gasteiger partial charge in [-0.15, -0.1) is 0 Å². The van der Waals surface area contributed by atoms with Gasteiger partial charge in [-0.1, -0.05) is 106 Å². The van der Waals surface area contributed by atoms with Crippen LogP contribution in [-0.4, -0.2) is 0 Å². The summed E-state index contributed by atoms with van der Waals surface area (Å²) in [5.74, 6) is 0. The lowest BCUT2D eigenvalue weighted by atomic mass is 9.82. The van der Waals surface area contributed by atoms with Crippen LogP contribution in [0.15, 0.2) is 36.4 Å². The van der Waals surface area contributed by atoms with Crippen LogP contribution in [0.2, 0.25) is 0 Å². The molecule has 0 N–H and O–H groups in total. The Morgan fingerprint density at radius 2 is 1.38 bits per heavy atom. The lowest BCUT2D eigenvalue weighted by molar-refractivity contribution is 0.583. The molecule has 0 unspecified atom stereocenters. The van der Waals surface area contributed by atoms with E-state index in [4.69, 9.17) is 0 Å². The molecule has 0 aliphatic rings. The number of rotatable bonds is 3. The molecule has 126 valence electrons. The van der Waals surface area contributed by atoms with Gasteiger partial charge in [0.2, 0.25) is 0 Å². The Labute approximate surface area is 137 Å². The van der Waals surface area contributed by atoms with Gasteiger partial charge < -0.3 is 0 Å². The molecule has 0 radical (unpaired) electrons. The van der Waals surface area contributed by atoms with Gasteiger partial charge in [0.25, 0.3) is 0 Å². The second kappa shape index (κ2) is 15.4. The van der Waals surface area contributed by atoms with E-state index in [0.717, 1.165) is 12.8 Å². The van der Waals surface area contributed by atoms with E-state index in [1.807, 2.05) is 41.5 Å². The maximum absolute atomic E-state index is 4.09. The minimum absolute atomic E-state index is 0. The molecule has 0 aliphatic heterocycles. The van der Waals surface area contributed by atoms with Gasteiger partial charge in [-0.3, -0.25) is 0 Å². The number of allylic oxidation sites excluding steroid dienone is 1. The molecular formula is C21H42. The van der Waals surface area contributed by atoms with Crippen LogP contribution in [0.1, 0.15) is 88.2 Å². The number of hydrogen-bond acceptors (Lipinski definition) is 0. The van der Waals surface area contributed by atoms with Crippen molar-refractivity contribution in [1.29, 1.82) is 0 Å². The SMILES string of the molecule is C=C(CC)Cc1ccccc1C(C)(C)C.CC.CC.CC.[HH]. The fourth-order valence-electron chi connectivity index (χ4n) is 1.80. The summed E-state index contributed by atoms with van der Waals surface area (Å²) in [4.78, 5) is 0. The molecule has 0 atom stereocenters. The third kappa shape index (κ3) is 11.3. The molecule has 0 aliphatic carbocycles. The molecule has 0 saturated heterocycles. The van der Waals surface area contributed by atoms with Gasteiger partial charge in [-0.25, -0.2) is 0 Å². The quantitative estimate of drug-likeness (QED) is 0.498. The molecule has 0 spiro atoms. The van der Waals surface area contributed by atoms with Crippen LogP contribution in [0.4, 0.5) is 0 Å². The van der Waals surface area contributed by atoms with Crippen molar-refractivity contribution in [3.05, 3.63) is 47.5 Å². The fraction of sp³-hybridized carbons (Fsp3) is 0.619. The molecule has 21 heavy (non-hydrogen) atoms. The Balaban J connectivity index is -0.000000206. The summed E-state index contributed by atoms with van der Waals surface area (Å²) in [5.41, 5.74) is 4.41. The Hall–Kier alpha value is -1.04. The fourth-order valence-corrected chi connectivity index (χ4v) is 1.80. The summed E-state index contributed by atoms with van der Waals surface area (Å²) in [6, 6.07) is 8.70. The first-order valence-electron chi connectivity index (χ1n) is 8.70. The smallest absolute Gasteiger partial charge is 0 e. The number of benzene rings is 1. The minimum atomic E-state index is 0. The average molecular weight is 295 g/mol. The summed E-state index contributed by atoms with van der Waals surface area (Å²) >= 11 is 0. The topological polar surface area (TPSA) is 0 Å². The Morgan fingerprint density at radius 1 is 0.952 bits per heavy atom. The number of hydrogen-bond donors (Lipinski definition) is 0. The van der Waals surface area contributed by atoms with Crippen LogP contribution in [0.3, 0.4) is 0 Å². The van der Waals surface area contributed by atoms with E-state index in [1.165, 1.54) is 16.7 Å². The zero-order valence-electron chi connectivity index (χ0n) is 16.4. The van der Waals surface area contributed by atoms with E-state index in [1.54, 1.807) is 0 Å². The molecule has 1 rings (SSSR count). The standard InChI is InChI=1S/C15H22.3C2H6.H2/c1-6-12(2)11-13-9-7-8-10-14(13)15(3,4)5;3*1-2;/h7-10H,2,6,11H2,1,3-5H3;3*1-2H3;1H. The molecule has 0 heterocycles. The van der Waals surface area contributed by atoms with Crippen LogP contribution in [0, 0.1) is 0 Å². The molecule has 1 aromatic carbocycles. The van der Waals surface area contributed by atoms with Crippen molar-refractivity contribution in [2.75, 3.05) is 0 Å². The van der Waals surface area contributed by atoms with Crippen LogP contribution >= 0.6 is 0 Å². The van der Waals surface area contributed by atoms with Crippen LogP contribution in [-0.2, 0) is 11.8 Å². The van der Waals surface area contributed by atoms with E-state index < -0.39 is 0 Å². The van der Waals surface area contributed by atoms with Crippen LogP contribution < -0.4 is 0 Å². The zero-order valence-corrected chi connectivity index (χ0v) is 16.4. The van der Waals surface area contributed by atoms with Crippen molar-refractivity contribution >= 4 is 0 Å². The van der Waals surface area contributed by atoms with E-state index >= 15 is 0 Å². The first kappa shape index (κ1) is 24.9. The molecule has 0 aromatic heterocycles. The Bertz CT molecular complexity index is 345. The van der Waals surface area contributed by atoms with Gasteiger partial charge in [0.1, 0.15) is 0 Å². The maximum atomic E-state index is 4.09. The highest BCUT2D eigenvalue weighted by Crippen LogP contribution is 2.27. The van der Waals surface area contributed by atoms with Gasteiger partial charge in [-0.2, -0.15) is 0 Å². The van der Waals surface area contributed by atoms with Crippen molar-refractivity contribution in [2.45, 2.75) is 87.5 Å². The van der Waals surface area contributed by atoms with Crippen molar-refractivity contribution in [2.24, 2.45) is 0 Å². The van der Waals surface area contributed by atoms with Crippen molar-refractivity contribution in [3.63, 3.8) is 0 Å². The van der Waals surface area contributed by atoms with Gasteiger partial charge in [0, 0.05) is 1.43 Å². The highest BCUT2D eigenvalue weighted by atomic mass is 14.2. The Kier molecular flexibility index (Phi) is 18.2. The predicted molar refractivity (Wildman–Crippen MR) is 104 cm³/mol. The third-order valence-electron chi connectivity index (χ3n) is 2.77. The molecule has 1 aromatic rings. The first-order chi connectivity index (χ1) is 9.95. The molecule has 0 amide bonds. The second-order valence-corrected chi connectivity index (χ2v) is 5.19. The van der Waals surface area contributed by atoms with E-state index in [9.17, 15) is 0 Å². The predicted octanol–water partition coefficient (Wildman–Crippen LogP) is 7.82. The highest BCUT2D eigenvalue weighted by Gasteiger charge is 2.16. The Morgan fingerprint density at radius 3 is 1.76 bits per heavy atom. The van der Waals surface area contributed by atoms with E-state index in [-0.39, 0.29) is 6.84 Å². The van der Waals surface area contributed by atoms with Crippen LogP contribution in [0.25, 0.3) is 0 Å². The molecule has 0 saturated carbocycles. The molecular weight excluding hydrogens is 252 g/mol. The summed E-state index contributed by atoms with van der Waals surface area (Å²) in [7, 11) is 0. The van der Waals surface area contributed by atoms with Crippen molar-refractivity contribution in [1.82, 2.24) is 0 Å². The van der Waals surface area contributed by atoms with Gasteiger partial charge >= 0.3 is 0 Å². The average Bonchev–Trinajstić information content (AvgIpc) is 2.52. The zero-order chi connectivity index (χ0) is 17.5. The van der Waals surface area contributed by atoms with Crippen molar-refractivity contribution < 1.29 is 1.43 Å². The third-order valence-corrected chi connectivity index (χ3v) is 2.77. The summed E-state index contributed by atoms with van der Waals surface area (Å²) in [6.07, 6.45) is 2.09. The van der Waals surface area contributed by atoms with Crippen molar-refractivity contribution in [3.8, 4) is 0 Å². The lowest BCUT2D eigenvalue weighted by Crippen LogP contribution is -2.14. The summed E-state index contributed by atoms with van der Waals surface area (Å²) < 4.78 is 0. The van der Waals surface area contributed by atoms with Crippen LogP contribution in [0.5, 0.6) is 0 Å². The molecule has 0 heteroatoms. The lowest BCUT2D eigenvalue weighted by Gasteiger charge is -2.23. The summed E-state index contributed by atoms with van der Waals surface area (Å²) in [5, 5.41) is 0.